The van der Waals surface area contributed by atoms with Crippen molar-refractivity contribution in [3.63, 3.8) is 0 Å². The third kappa shape index (κ3) is 6.43. The number of amides is 1. The van der Waals surface area contributed by atoms with Crippen LogP contribution in [0.15, 0.2) is 12.1 Å². The molecule has 23 heavy (non-hydrogen) atoms. The Morgan fingerprint density at radius 1 is 1.43 bits per heavy atom. The van der Waals surface area contributed by atoms with Gasteiger partial charge in [-0.05, 0) is 42.8 Å². The van der Waals surface area contributed by atoms with E-state index in [2.05, 4.69) is 12.2 Å². The van der Waals surface area contributed by atoms with E-state index < -0.39 is 5.82 Å². The van der Waals surface area contributed by atoms with Crippen LogP contribution in [-0.2, 0) is 16.0 Å². The van der Waals surface area contributed by atoms with Gasteiger partial charge in [0.05, 0.1) is 12.3 Å². The minimum atomic E-state index is -0.562. The predicted molar refractivity (Wildman–Crippen MR) is 96.7 cm³/mol. The molecule has 1 rings (SSSR count). The number of ether oxygens (including phenoxy) is 1. The summed E-state index contributed by atoms with van der Waals surface area (Å²) < 4.78 is 19.4. The molecule has 0 radical (unpaired) electrons. The normalized spacial score (nSPS) is 11.9. The summed E-state index contributed by atoms with van der Waals surface area (Å²) in [6, 6.07) is 2.71. The van der Waals surface area contributed by atoms with Gasteiger partial charge in [-0.2, -0.15) is 0 Å². The minimum absolute atomic E-state index is 0.117. The number of halogens is 2. The van der Waals surface area contributed by atoms with Crippen molar-refractivity contribution >= 4 is 40.5 Å². The lowest BCUT2D eigenvalue weighted by molar-refractivity contribution is -0.119. The van der Waals surface area contributed by atoms with Crippen molar-refractivity contribution in [3.8, 4) is 0 Å². The number of hydrogen-bond acceptors (Lipinski definition) is 3. The number of carbonyl (C=O) groups is 1. The van der Waals surface area contributed by atoms with Gasteiger partial charge in [0, 0.05) is 17.4 Å². The molecule has 0 bridgehead atoms. The van der Waals surface area contributed by atoms with Crippen LogP contribution in [-0.4, -0.2) is 17.6 Å². The molecule has 0 saturated heterocycles. The van der Waals surface area contributed by atoms with Gasteiger partial charge in [-0.25, -0.2) is 4.39 Å². The monoisotopic (exact) mass is 359 g/mol. The van der Waals surface area contributed by atoms with Crippen molar-refractivity contribution in [1.29, 1.82) is 0 Å². The van der Waals surface area contributed by atoms with Crippen molar-refractivity contribution < 1.29 is 13.9 Å². The molecule has 128 valence electrons. The number of rotatable bonds is 8. The Morgan fingerprint density at radius 2 is 2.13 bits per heavy atom. The highest BCUT2D eigenvalue weighted by Gasteiger charge is 2.16. The summed E-state index contributed by atoms with van der Waals surface area (Å²) in [6.07, 6.45) is 2.94. The molecule has 1 N–H and O–H groups in total. The van der Waals surface area contributed by atoms with Crippen LogP contribution < -0.4 is 5.32 Å². The Hall–Kier alpha value is -1.20. The van der Waals surface area contributed by atoms with Crippen LogP contribution in [0.25, 0.3) is 0 Å². The summed E-state index contributed by atoms with van der Waals surface area (Å²) in [5, 5.41) is 3.27. The summed E-state index contributed by atoms with van der Waals surface area (Å²) in [5.41, 5.74) is 0.750. The van der Waals surface area contributed by atoms with Crippen molar-refractivity contribution in [3.05, 3.63) is 28.5 Å². The Balaban J connectivity index is 2.83. The minimum Gasteiger partial charge on any atom is -0.487 e. The van der Waals surface area contributed by atoms with E-state index in [1.165, 1.54) is 12.1 Å². The lowest BCUT2D eigenvalue weighted by Gasteiger charge is -2.14. The molecule has 6 heteroatoms. The average molecular weight is 360 g/mol. The highest BCUT2D eigenvalue weighted by atomic mass is 35.5. The summed E-state index contributed by atoms with van der Waals surface area (Å²) in [7, 11) is 0. The number of nitrogens with one attached hydrogen (secondary N) is 1. The SMILES string of the molecule is CCCCOC(=S)Cc1cc(NC(=O)C(C)CC)c(F)cc1Cl. The number of carbonyl (C=O) groups excluding carboxylic acids is 1. The maximum absolute atomic E-state index is 14.0. The third-order valence-electron chi connectivity index (χ3n) is 3.55. The number of thiocarbonyl (C=S) groups is 1. The average Bonchev–Trinajstić information content (AvgIpc) is 2.51. The Kier molecular flexibility index (Phi) is 8.48. The summed E-state index contributed by atoms with van der Waals surface area (Å²) in [5.74, 6) is -0.971. The Morgan fingerprint density at radius 3 is 2.74 bits per heavy atom. The molecule has 0 aliphatic carbocycles. The van der Waals surface area contributed by atoms with Crippen LogP contribution in [0.1, 0.15) is 45.6 Å². The van der Waals surface area contributed by atoms with Gasteiger partial charge in [0.25, 0.3) is 0 Å². The van der Waals surface area contributed by atoms with Gasteiger partial charge in [0.1, 0.15) is 5.82 Å². The zero-order valence-corrected chi connectivity index (χ0v) is 15.3. The fourth-order valence-corrected chi connectivity index (χ4v) is 2.26. The van der Waals surface area contributed by atoms with E-state index in [1.807, 2.05) is 6.92 Å². The highest BCUT2D eigenvalue weighted by Crippen LogP contribution is 2.26. The zero-order chi connectivity index (χ0) is 17.4. The molecular weight excluding hydrogens is 337 g/mol. The van der Waals surface area contributed by atoms with Crippen LogP contribution in [0.2, 0.25) is 5.02 Å². The van der Waals surface area contributed by atoms with E-state index in [1.54, 1.807) is 6.92 Å². The fraction of sp³-hybridized carbons (Fsp3) is 0.529. The van der Waals surface area contributed by atoms with Crippen molar-refractivity contribution in [2.24, 2.45) is 5.92 Å². The Labute approximate surface area is 147 Å². The van der Waals surface area contributed by atoms with Gasteiger partial charge in [0.15, 0.2) is 5.05 Å². The molecule has 1 amide bonds. The molecule has 1 unspecified atom stereocenters. The third-order valence-corrected chi connectivity index (χ3v) is 4.16. The molecule has 0 aliphatic heterocycles. The first-order valence-corrected chi connectivity index (χ1v) is 8.62. The van der Waals surface area contributed by atoms with Crippen LogP contribution in [0, 0.1) is 11.7 Å². The van der Waals surface area contributed by atoms with Gasteiger partial charge in [-0.15, -0.1) is 0 Å². The summed E-state index contributed by atoms with van der Waals surface area (Å²) in [6.45, 7) is 6.32. The number of anilines is 1. The smallest absolute Gasteiger partial charge is 0.227 e. The molecule has 3 nitrogen and oxygen atoms in total. The lowest BCUT2D eigenvalue weighted by Crippen LogP contribution is -2.20. The Bertz CT molecular complexity index is 566. The molecule has 0 aliphatic rings. The predicted octanol–water partition coefficient (Wildman–Crippen LogP) is 5.15. The van der Waals surface area contributed by atoms with Gasteiger partial charge < -0.3 is 10.1 Å². The van der Waals surface area contributed by atoms with E-state index in [0.29, 0.717) is 30.1 Å². The molecule has 1 aromatic carbocycles. The molecule has 0 heterocycles. The van der Waals surface area contributed by atoms with E-state index >= 15 is 0 Å². The highest BCUT2D eigenvalue weighted by molar-refractivity contribution is 7.80. The zero-order valence-electron chi connectivity index (χ0n) is 13.7. The molecule has 0 fully saturated rings. The number of benzene rings is 1. The standard InChI is InChI=1S/C17H23ClFNO2S/c1-4-6-7-22-16(23)9-12-8-15(14(19)10-13(12)18)20-17(21)11(3)5-2/h8,10-11H,4-7,9H2,1-3H3,(H,20,21). The summed E-state index contributed by atoms with van der Waals surface area (Å²) in [4.78, 5) is 11.9. The number of hydrogen-bond donors (Lipinski definition) is 1. The fourth-order valence-electron chi connectivity index (χ4n) is 1.80. The maximum Gasteiger partial charge on any atom is 0.227 e. The van der Waals surface area contributed by atoms with Crippen molar-refractivity contribution in [2.45, 2.75) is 46.5 Å². The van der Waals surface area contributed by atoms with Crippen LogP contribution in [0.5, 0.6) is 0 Å². The van der Waals surface area contributed by atoms with E-state index in [4.69, 9.17) is 28.6 Å². The van der Waals surface area contributed by atoms with E-state index in [9.17, 15) is 9.18 Å². The second-order valence-electron chi connectivity index (χ2n) is 5.47. The van der Waals surface area contributed by atoms with Crippen LogP contribution in [0.3, 0.4) is 0 Å². The largest absolute Gasteiger partial charge is 0.487 e. The number of unbranched alkanes of at least 4 members (excludes halogenated alkanes) is 1. The molecule has 1 aromatic rings. The van der Waals surface area contributed by atoms with Gasteiger partial charge >= 0.3 is 0 Å². The van der Waals surface area contributed by atoms with Crippen LogP contribution >= 0.6 is 23.8 Å². The second-order valence-corrected chi connectivity index (χ2v) is 6.34. The molecule has 0 spiro atoms. The van der Waals surface area contributed by atoms with E-state index in [0.717, 1.165) is 12.8 Å². The lowest BCUT2D eigenvalue weighted by atomic mass is 10.1. The summed E-state index contributed by atoms with van der Waals surface area (Å²) >= 11 is 11.2. The van der Waals surface area contributed by atoms with E-state index in [-0.39, 0.29) is 22.5 Å². The van der Waals surface area contributed by atoms with Crippen molar-refractivity contribution in [2.75, 3.05) is 11.9 Å². The second kappa shape index (κ2) is 9.83. The van der Waals surface area contributed by atoms with Gasteiger partial charge in [-0.3, -0.25) is 4.79 Å². The first-order chi connectivity index (χ1) is 10.9. The first-order valence-electron chi connectivity index (χ1n) is 7.83. The first kappa shape index (κ1) is 19.8. The maximum atomic E-state index is 14.0. The molecule has 1 atom stereocenters. The quantitative estimate of drug-likeness (QED) is 0.515. The van der Waals surface area contributed by atoms with Gasteiger partial charge in [0.2, 0.25) is 5.91 Å². The molecule has 0 aromatic heterocycles. The van der Waals surface area contributed by atoms with Crippen LogP contribution in [0.4, 0.5) is 10.1 Å². The van der Waals surface area contributed by atoms with Crippen molar-refractivity contribution in [1.82, 2.24) is 0 Å². The molecule has 0 saturated carbocycles. The topological polar surface area (TPSA) is 38.3 Å². The van der Waals surface area contributed by atoms with Gasteiger partial charge in [-0.1, -0.05) is 38.8 Å². The molecular formula is C17H23ClFNO2S.